The molecular weight excluding hydrogens is 337 g/mol. The van der Waals surface area contributed by atoms with Crippen molar-refractivity contribution in [2.45, 2.75) is 38.5 Å². The van der Waals surface area contributed by atoms with Gasteiger partial charge in [-0.05, 0) is 67.7 Å². The molecule has 0 bridgehead atoms. The molecule has 0 aliphatic heterocycles. The van der Waals surface area contributed by atoms with Gasteiger partial charge < -0.3 is 4.74 Å². The molecule has 0 saturated heterocycles. The van der Waals surface area contributed by atoms with E-state index in [0.29, 0.717) is 17.0 Å². The smallest absolute Gasteiger partial charge is 0.200 e. The van der Waals surface area contributed by atoms with Crippen LogP contribution in [0, 0.1) is 30.3 Å². The lowest BCUT2D eigenvalue weighted by Gasteiger charge is -2.27. The van der Waals surface area contributed by atoms with Crippen LogP contribution in [0.5, 0.6) is 5.75 Å². The Morgan fingerprint density at radius 1 is 0.962 bits per heavy atom. The molecule has 1 nitrogen and oxygen atoms in total. The van der Waals surface area contributed by atoms with Gasteiger partial charge in [-0.15, -0.1) is 0 Å². The van der Waals surface area contributed by atoms with E-state index in [1.54, 1.807) is 12.1 Å². The van der Waals surface area contributed by atoms with Gasteiger partial charge in [-0.25, -0.2) is 8.78 Å². The summed E-state index contributed by atoms with van der Waals surface area (Å²) in [5, 5.41) is 0. The number of hydrogen-bond donors (Lipinski definition) is 0. The average molecular weight is 360 g/mol. The van der Waals surface area contributed by atoms with Gasteiger partial charge >= 0.3 is 0 Å². The largest absolute Gasteiger partial charge is 0.494 e. The van der Waals surface area contributed by atoms with Gasteiger partial charge in [0.25, 0.3) is 0 Å². The predicted molar refractivity (Wildman–Crippen MR) is 97.8 cm³/mol. The third-order valence-electron chi connectivity index (χ3n) is 5.21. The van der Waals surface area contributed by atoms with Gasteiger partial charge in [0.2, 0.25) is 5.82 Å². The molecule has 0 radical (unpaired) electrons. The van der Waals surface area contributed by atoms with Gasteiger partial charge in [0.1, 0.15) is 5.82 Å². The molecule has 2 aromatic rings. The van der Waals surface area contributed by atoms with Crippen molar-refractivity contribution >= 4 is 6.08 Å². The number of halogens is 3. The first kappa shape index (κ1) is 18.6. The van der Waals surface area contributed by atoms with E-state index in [2.05, 4.69) is 0 Å². The molecule has 0 atom stereocenters. The fourth-order valence-corrected chi connectivity index (χ4v) is 3.65. The van der Waals surface area contributed by atoms with E-state index in [-0.39, 0.29) is 17.5 Å². The maximum atomic E-state index is 14.3. The summed E-state index contributed by atoms with van der Waals surface area (Å²) >= 11 is 0. The van der Waals surface area contributed by atoms with Crippen LogP contribution in [0.15, 0.2) is 36.4 Å². The average Bonchev–Trinajstić information content (AvgIpc) is 2.64. The third kappa shape index (κ3) is 3.95. The topological polar surface area (TPSA) is 9.23 Å². The fraction of sp³-hybridized carbons (Fsp3) is 0.364. The molecule has 2 aromatic carbocycles. The van der Waals surface area contributed by atoms with Gasteiger partial charge in [0, 0.05) is 5.56 Å². The zero-order valence-corrected chi connectivity index (χ0v) is 15.1. The first-order valence-corrected chi connectivity index (χ1v) is 8.96. The fourth-order valence-electron chi connectivity index (χ4n) is 3.65. The van der Waals surface area contributed by atoms with Crippen LogP contribution in [0.1, 0.15) is 48.3 Å². The van der Waals surface area contributed by atoms with Crippen LogP contribution in [0.2, 0.25) is 0 Å². The number of rotatable bonds is 4. The van der Waals surface area contributed by atoms with E-state index in [0.717, 1.165) is 31.2 Å². The Morgan fingerprint density at radius 2 is 1.69 bits per heavy atom. The Hall–Kier alpha value is -2.23. The van der Waals surface area contributed by atoms with Crippen molar-refractivity contribution in [1.82, 2.24) is 0 Å². The lowest BCUT2D eigenvalue weighted by Crippen LogP contribution is -2.13. The zero-order chi connectivity index (χ0) is 18.7. The van der Waals surface area contributed by atoms with Crippen LogP contribution in [0.3, 0.4) is 0 Å². The van der Waals surface area contributed by atoms with E-state index in [4.69, 9.17) is 4.74 Å². The molecule has 0 heterocycles. The number of ether oxygens (including phenoxy) is 1. The van der Waals surface area contributed by atoms with Crippen LogP contribution in [0.4, 0.5) is 13.2 Å². The van der Waals surface area contributed by atoms with Gasteiger partial charge in [0.05, 0.1) is 7.11 Å². The summed E-state index contributed by atoms with van der Waals surface area (Å²) in [5.41, 5.74) is 1.91. The highest BCUT2D eigenvalue weighted by Gasteiger charge is 2.25. The van der Waals surface area contributed by atoms with Crippen molar-refractivity contribution in [2.75, 3.05) is 7.11 Å². The number of methoxy groups -OCH3 is 1. The van der Waals surface area contributed by atoms with Crippen LogP contribution in [-0.4, -0.2) is 7.11 Å². The molecule has 0 unspecified atom stereocenters. The maximum Gasteiger partial charge on any atom is 0.200 e. The molecule has 1 fully saturated rings. The van der Waals surface area contributed by atoms with Crippen LogP contribution in [0.25, 0.3) is 6.08 Å². The summed E-state index contributed by atoms with van der Waals surface area (Å²) in [6, 6.07) is 8.31. The maximum absolute atomic E-state index is 14.3. The molecule has 0 spiro atoms. The second-order valence-electron chi connectivity index (χ2n) is 6.98. The lowest BCUT2D eigenvalue weighted by atomic mass is 9.78. The minimum absolute atomic E-state index is 0.0103. The van der Waals surface area contributed by atoms with E-state index < -0.39 is 11.6 Å². The number of hydrogen-bond acceptors (Lipinski definition) is 1. The highest BCUT2D eigenvalue weighted by molar-refractivity contribution is 5.51. The van der Waals surface area contributed by atoms with Gasteiger partial charge in [-0.3, -0.25) is 0 Å². The summed E-state index contributed by atoms with van der Waals surface area (Å²) in [4.78, 5) is 0. The van der Waals surface area contributed by atoms with Gasteiger partial charge in [-0.2, -0.15) is 4.39 Å². The summed E-state index contributed by atoms with van der Waals surface area (Å²) in [7, 11) is 1.33. The lowest BCUT2D eigenvalue weighted by molar-refractivity contribution is 0.350. The zero-order valence-electron chi connectivity index (χ0n) is 15.1. The van der Waals surface area contributed by atoms with Crippen molar-refractivity contribution in [2.24, 2.45) is 5.92 Å². The Labute approximate surface area is 152 Å². The van der Waals surface area contributed by atoms with Gasteiger partial charge in [0.15, 0.2) is 11.6 Å². The monoisotopic (exact) mass is 360 g/mol. The second-order valence-corrected chi connectivity index (χ2v) is 6.98. The molecule has 3 rings (SSSR count). The molecule has 0 N–H and O–H groups in total. The minimum Gasteiger partial charge on any atom is -0.494 e. The SMILES string of the molecule is COc1ccc(C2CCC(/C=C/c3ccc(C)cc3F)CC2)c(F)c1F. The number of benzene rings is 2. The Bertz CT molecular complexity index is 805. The van der Waals surface area contributed by atoms with Crippen molar-refractivity contribution in [3.05, 3.63) is 70.5 Å². The van der Waals surface area contributed by atoms with Crippen LogP contribution < -0.4 is 4.74 Å². The molecule has 1 aliphatic carbocycles. The van der Waals surface area contributed by atoms with E-state index in [9.17, 15) is 13.2 Å². The molecule has 1 aliphatic rings. The molecule has 26 heavy (non-hydrogen) atoms. The normalized spacial score (nSPS) is 20.5. The molecule has 1 saturated carbocycles. The molecule has 4 heteroatoms. The van der Waals surface area contributed by atoms with Crippen molar-refractivity contribution in [3.63, 3.8) is 0 Å². The summed E-state index contributed by atoms with van der Waals surface area (Å²) in [6.07, 6.45) is 7.19. The number of aryl methyl sites for hydroxylation is 1. The molecule has 0 amide bonds. The van der Waals surface area contributed by atoms with Crippen LogP contribution in [-0.2, 0) is 0 Å². The molecular formula is C22H23F3O. The van der Waals surface area contributed by atoms with Crippen molar-refractivity contribution in [3.8, 4) is 5.75 Å². The van der Waals surface area contributed by atoms with E-state index in [1.807, 2.05) is 25.1 Å². The molecule has 138 valence electrons. The van der Waals surface area contributed by atoms with Crippen molar-refractivity contribution in [1.29, 1.82) is 0 Å². The first-order valence-electron chi connectivity index (χ1n) is 8.96. The molecule has 0 aromatic heterocycles. The Kier molecular flexibility index (Phi) is 5.70. The quantitative estimate of drug-likeness (QED) is 0.612. The Morgan fingerprint density at radius 3 is 2.35 bits per heavy atom. The summed E-state index contributed by atoms with van der Waals surface area (Å²) < 4.78 is 46.9. The standard InChI is InChI=1S/C22H23F3O/c1-14-3-7-17(19(23)13-14)10-6-15-4-8-16(9-5-15)18-11-12-20(26-2)22(25)21(18)24/h3,6-7,10-13,15-16H,4-5,8-9H2,1-2H3/b10-6+. The third-order valence-corrected chi connectivity index (χ3v) is 5.21. The summed E-state index contributed by atoms with van der Waals surface area (Å²) in [6.45, 7) is 1.86. The number of allylic oxidation sites excluding steroid dienone is 1. The highest BCUT2D eigenvalue weighted by Crippen LogP contribution is 2.39. The van der Waals surface area contributed by atoms with Crippen LogP contribution >= 0.6 is 0 Å². The van der Waals surface area contributed by atoms with Gasteiger partial charge in [-0.1, -0.05) is 30.4 Å². The summed E-state index contributed by atoms with van der Waals surface area (Å²) in [5.74, 6) is -1.66. The minimum atomic E-state index is -0.915. The first-order chi connectivity index (χ1) is 12.5. The highest BCUT2D eigenvalue weighted by atomic mass is 19.2. The predicted octanol–water partition coefficient (Wildman–Crippen LogP) is 6.41. The second kappa shape index (κ2) is 7.98. The van der Waals surface area contributed by atoms with E-state index >= 15 is 0 Å². The van der Waals surface area contributed by atoms with Crippen molar-refractivity contribution < 1.29 is 17.9 Å². The Balaban J connectivity index is 1.64. The van der Waals surface area contributed by atoms with E-state index in [1.165, 1.54) is 19.2 Å².